The maximum Gasteiger partial charge on any atom is 0.167 e. The van der Waals surface area contributed by atoms with Crippen LogP contribution in [0, 0.1) is 17.2 Å². The van der Waals surface area contributed by atoms with Gasteiger partial charge in [0.2, 0.25) is 0 Å². The molecular weight excluding hydrogens is 342 g/mol. The molecule has 0 amide bonds. The molecule has 2 heteroatoms. The third kappa shape index (κ3) is 3.58. The van der Waals surface area contributed by atoms with Crippen LogP contribution in [0.25, 0.3) is 10.8 Å². The van der Waals surface area contributed by atoms with Gasteiger partial charge < -0.3 is 0 Å². The largest absolute Gasteiger partial charge is 0.294 e. The summed E-state index contributed by atoms with van der Waals surface area (Å²) in [6.45, 7) is 2.28. The molecule has 1 saturated carbocycles. The van der Waals surface area contributed by atoms with Crippen molar-refractivity contribution in [3.8, 4) is 6.07 Å². The molecule has 3 aromatic carbocycles. The molecule has 140 valence electrons. The van der Waals surface area contributed by atoms with E-state index in [9.17, 15) is 4.79 Å². The molecule has 0 radical (unpaired) electrons. The molecule has 0 saturated heterocycles. The van der Waals surface area contributed by atoms with Gasteiger partial charge in [0.1, 0.15) is 0 Å². The van der Waals surface area contributed by atoms with E-state index in [1.807, 2.05) is 0 Å². The molecule has 0 N–H and O–H groups in total. The number of rotatable bonds is 5. The number of carbonyl (C=O) groups excluding carboxylic acids is 1. The average molecular weight is 367 g/mol. The van der Waals surface area contributed by atoms with Crippen LogP contribution in [0.1, 0.15) is 65.6 Å². The van der Waals surface area contributed by atoms with Crippen molar-refractivity contribution in [1.29, 1.82) is 5.26 Å². The fraction of sp³-hybridized carbons (Fsp3) is 0.308. The van der Waals surface area contributed by atoms with Gasteiger partial charge >= 0.3 is 0 Å². The van der Waals surface area contributed by atoms with Crippen LogP contribution in [0.4, 0.5) is 0 Å². The van der Waals surface area contributed by atoms with Crippen LogP contribution in [0.2, 0.25) is 0 Å². The number of fused-ring (bicyclic) bond motifs is 1. The Morgan fingerprint density at radius 3 is 2.54 bits per heavy atom. The normalized spacial score (nSPS) is 18.9. The van der Waals surface area contributed by atoms with Crippen LogP contribution in [-0.4, -0.2) is 5.78 Å². The summed E-state index contributed by atoms with van der Waals surface area (Å²) < 4.78 is 0. The van der Waals surface area contributed by atoms with E-state index in [1.165, 1.54) is 47.6 Å². The molecule has 0 aromatic heterocycles. The topological polar surface area (TPSA) is 40.9 Å². The number of hydrogen-bond donors (Lipinski definition) is 0. The molecule has 0 aliphatic heterocycles. The minimum atomic E-state index is 0.118. The van der Waals surface area contributed by atoms with Gasteiger partial charge in [-0.2, -0.15) is 5.26 Å². The monoisotopic (exact) mass is 367 g/mol. The first kappa shape index (κ1) is 18.4. The molecule has 0 spiro atoms. The molecule has 1 fully saturated rings. The molecule has 3 aromatic rings. The van der Waals surface area contributed by atoms with E-state index in [1.54, 1.807) is 24.3 Å². The van der Waals surface area contributed by atoms with Gasteiger partial charge in [-0.3, -0.25) is 4.79 Å². The number of nitrogens with zero attached hydrogens (tertiary/aromatic N) is 1. The maximum atomic E-state index is 13.1. The lowest BCUT2D eigenvalue weighted by Gasteiger charge is -2.18. The summed E-state index contributed by atoms with van der Waals surface area (Å²) in [4.78, 5) is 13.1. The second kappa shape index (κ2) is 7.98. The van der Waals surface area contributed by atoms with Crippen molar-refractivity contribution in [2.75, 3.05) is 0 Å². The zero-order valence-electron chi connectivity index (χ0n) is 16.3. The van der Waals surface area contributed by atoms with E-state index in [2.05, 4.69) is 49.4 Å². The lowest BCUT2D eigenvalue weighted by Crippen LogP contribution is -2.09. The van der Waals surface area contributed by atoms with Gasteiger partial charge in [-0.15, -0.1) is 0 Å². The van der Waals surface area contributed by atoms with E-state index in [-0.39, 0.29) is 5.78 Å². The van der Waals surface area contributed by atoms with Crippen LogP contribution in [0.15, 0.2) is 60.7 Å². The van der Waals surface area contributed by atoms with E-state index < -0.39 is 0 Å². The van der Waals surface area contributed by atoms with Crippen molar-refractivity contribution in [3.05, 3.63) is 82.9 Å². The predicted molar refractivity (Wildman–Crippen MR) is 114 cm³/mol. The van der Waals surface area contributed by atoms with Crippen molar-refractivity contribution in [3.63, 3.8) is 0 Å². The average Bonchev–Trinajstić information content (AvgIpc) is 3.23. The van der Waals surface area contributed by atoms with Crippen molar-refractivity contribution >= 4 is 16.6 Å². The van der Waals surface area contributed by atoms with Gasteiger partial charge in [-0.1, -0.05) is 61.9 Å². The molecule has 4 rings (SSSR count). The van der Waals surface area contributed by atoms with Crippen LogP contribution >= 0.6 is 0 Å². The predicted octanol–water partition coefficient (Wildman–Crippen LogP) is 6.43. The van der Waals surface area contributed by atoms with E-state index in [4.69, 9.17) is 5.26 Å². The highest BCUT2D eigenvalue weighted by Crippen LogP contribution is 2.42. The highest BCUT2D eigenvalue weighted by Gasteiger charge is 2.27. The van der Waals surface area contributed by atoms with Gasteiger partial charge in [0.05, 0.1) is 11.6 Å². The Bertz CT molecular complexity index is 1040. The number of carbonyl (C=O) groups is 1. The van der Waals surface area contributed by atoms with E-state index >= 15 is 0 Å². The van der Waals surface area contributed by atoms with E-state index in [0.717, 1.165) is 5.92 Å². The zero-order valence-corrected chi connectivity index (χ0v) is 16.3. The lowest BCUT2D eigenvalue weighted by atomic mass is 9.85. The number of hydrogen-bond acceptors (Lipinski definition) is 2. The molecule has 2 nitrogen and oxygen atoms in total. The highest BCUT2D eigenvalue weighted by atomic mass is 16.1. The molecule has 1 aliphatic rings. The van der Waals surface area contributed by atoms with Crippen LogP contribution in [0.3, 0.4) is 0 Å². The first-order valence-corrected chi connectivity index (χ1v) is 10.2. The molecular formula is C26H25NO. The van der Waals surface area contributed by atoms with Gasteiger partial charge in [0, 0.05) is 12.0 Å². The Kier molecular flexibility index (Phi) is 5.26. The minimum Gasteiger partial charge on any atom is -0.294 e. The number of ketones is 1. The Balaban J connectivity index is 1.72. The molecule has 0 bridgehead atoms. The third-order valence-corrected chi connectivity index (χ3v) is 6.31. The summed E-state index contributed by atoms with van der Waals surface area (Å²) in [6, 6.07) is 21.9. The lowest BCUT2D eigenvalue weighted by molar-refractivity contribution is 0.0993. The number of nitriles is 1. The first-order chi connectivity index (χ1) is 13.7. The second-order valence-electron chi connectivity index (χ2n) is 7.93. The van der Waals surface area contributed by atoms with Crippen molar-refractivity contribution < 1.29 is 4.79 Å². The fourth-order valence-corrected chi connectivity index (χ4v) is 4.65. The quantitative estimate of drug-likeness (QED) is 0.487. The van der Waals surface area contributed by atoms with E-state index in [0.29, 0.717) is 23.5 Å². The summed E-state index contributed by atoms with van der Waals surface area (Å²) in [6.07, 6.45) is 5.39. The van der Waals surface area contributed by atoms with Crippen LogP contribution in [-0.2, 0) is 6.42 Å². The van der Waals surface area contributed by atoms with Crippen LogP contribution < -0.4 is 0 Å². The fourth-order valence-electron chi connectivity index (χ4n) is 4.65. The molecule has 2 unspecified atom stereocenters. The van der Waals surface area contributed by atoms with Gasteiger partial charge in [0.25, 0.3) is 0 Å². The number of benzene rings is 3. The summed E-state index contributed by atoms with van der Waals surface area (Å²) >= 11 is 0. The Hall–Kier alpha value is -2.92. The highest BCUT2D eigenvalue weighted by molar-refractivity contribution is 6.00. The Morgan fingerprint density at radius 2 is 1.82 bits per heavy atom. The summed E-state index contributed by atoms with van der Waals surface area (Å²) in [5.41, 5.74) is 3.81. The first-order valence-electron chi connectivity index (χ1n) is 10.2. The second-order valence-corrected chi connectivity index (χ2v) is 7.93. The summed E-state index contributed by atoms with van der Waals surface area (Å²) in [7, 11) is 0. The van der Waals surface area contributed by atoms with Crippen molar-refractivity contribution in [2.45, 2.75) is 44.9 Å². The standard InChI is InChI=1S/C26H25NO/c1-2-18-7-12-22(15-18)24-14-13-20-5-3-4-6-23(20)25(24)16-26(28)21-10-8-19(17-27)9-11-21/h3-6,8-11,13-14,18,22H,2,7,12,15-16H2,1H3. The number of Topliss-reactive ketones (excluding diaryl/α,β-unsaturated/α-hetero) is 1. The minimum absolute atomic E-state index is 0.118. The molecule has 1 aliphatic carbocycles. The maximum absolute atomic E-state index is 13.1. The van der Waals surface area contributed by atoms with Crippen molar-refractivity contribution in [2.24, 2.45) is 5.92 Å². The third-order valence-electron chi connectivity index (χ3n) is 6.31. The van der Waals surface area contributed by atoms with Gasteiger partial charge in [-0.25, -0.2) is 0 Å². The van der Waals surface area contributed by atoms with Gasteiger partial charge in [-0.05, 0) is 65.1 Å². The summed E-state index contributed by atoms with van der Waals surface area (Å²) in [5, 5.41) is 11.4. The SMILES string of the molecule is CCC1CCC(c2ccc3ccccc3c2CC(=O)c2ccc(C#N)cc2)C1. The molecule has 0 heterocycles. The molecule has 2 atom stereocenters. The Morgan fingerprint density at radius 1 is 1.04 bits per heavy atom. The van der Waals surface area contributed by atoms with Crippen molar-refractivity contribution in [1.82, 2.24) is 0 Å². The summed E-state index contributed by atoms with van der Waals surface area (Å²) in [5.74, 6) is 1.48. The molecule has 28 heavy (non-hydrogen) atoms. The van der Waals surface area contributed by atoms with Gasteiger partial charge in [0.15, 0.2) is 5.78 Å². The van der Waals surface area contributed by atoms with Crippen LogP contribution in [0.5, 0.6) is 0 Å². The smallest absolute Gasteiger partial charge is 0.167 e. The zero-order chi connectivity index (χ0) is 19.5. The Labute approximate surface area is 166 Å².